The van der Waals surface area contributed by atoms with E-state index in [1.807, 2.05) is 13.2 Å². The number of ether oxygens (including phenoxy) is 1. The monoisotopic (exact) mass is 334 g/mol. The van der Waals surface area contributed by atoms with E-state index in [0.717, 1.165) is 6.42 Å². The van der Waals surface area contributed by atoms with Crippen molar-refractivity contribution in [3.05, 3.63) is 33.7 Å². The molecule has 6 heteroatoms. The van der Waals surface area contributed by atoms with Crippen LogP contribution < -0.4 is 10.4 Å². The van der Waals surface area contributed by atoms with Gasteiger partial charge in [-0.25, -0.2) is 4.79 Å². The minimum atomic E-state index is -0.521. The van der Waals surface area contributed by atoms with Gasteiger partial charge in [-0.15, -0.1) is 0 Å². The molecule has 23 heavy (non-hydrogen) atoms. The molecule has 1 unspecified atom stereocenters. The molecule has 1 aliphatic rings. The van der Waals surface area contributed by atoms with E-state index >= 15 is 0 Å². The van der Waals surface area contributed by atoms with Gasteiger partial charge in [-0.3, -0.25) is 4.79 Å². The smallest absolute Gasteiger partial charge is 0.336 e. The zero-order chi connectivity index (χ0) is 16.6. The van der Waals surface area contributed by atoms with Crippen LogP contribution in [-0.2, 0) is 6.42 Å². The third kappa shape index (κ3) is 2.83. The van der Waals surface area contributed by atoms with E-state index in [0.29, 0.717) is 28.9 Å². The normalized spacial score (nSPS) is 17.1. The fourth-order valence-electron chi connectivity index (χ4n) is 3.01. The zero-order valence-corrected chi connectivity index (χ0v) is 13.9. The predicted octanol–water partition coefficient (Wildman–Crippen LogP) is 3.15. The first-order valence-corrected chi connectivity index (χ1v) is 8.96. The fourth-order valence-corrected chi connectivity index (χ4v) is 3.57. The van der Waals surface area contributed by atoms with Gasteiger partial charge in [0.1, 0.15) is 23.2 Å². The number of benzene rings is 1. The summed E-state index contributed by atoms with van der Waals surface area (Å²) in [6.45, 7) is 1.98. The Kier molecular flexibility index (Phi) is 4.35. The maximum atomic E-state index is 12.5. The highest BCUT2D eigenvalue weighted by Gasteiger charge is 2.31. The Bertz CT molecular complexity index is 824. The van der Waals surface area contributed by atoms with Crippen LogP contribution in [0, 0.1) is 0 Å². The van der Waals surface area contributed by atoms with Crippen molar-refractivity contribution < 1.29 is 19.1 Å². The molecule has 1 aromatic heterocycles. The molecule has 3 rings (SSSR count). The maximum Gasteiger partial charge on any atom is 0.336 e. The number of thioether (sulfide) groups is 1. The van der Waals surface area contributed by atoms with Gasteiger partial charge in [0.05, 0.1) is 5.39 Å². The van der Waals surface area contributed by atoms with Gasteiger partial charge in [0.25, 0.3) is 0 Å². The third-order valence-electron chi connectivity index (χ3n) is 3.90. The number of hydrogen-bond donors (Lipinski definition) is 1. The van der Waals surface area contributed by atoms with Crippen molar-refractivity contribution in [3.63, 3.8) is 0 Å². The molecule has 0 fully saturated rings. The molecule has 0 saturated carbocycles. The number of carbonyl (C=O) groups excluding carboxylic acids is 1. The number of fused-ring (bicyclic) bond motifs is 3. The largest absolute Gasteiger partial charge is 0.507 e. The van der Waals surface area contributed by atoms with Gasteiger partial charge in [0.2, 0.25) is 0 Å². The molecule has 0 bridgehead atoms. The molecule has 2 heterocycles. The van der Waals surface area contributed by atoms with Crippen LogP contribution in [0.1, 0.15) is 35.7 Å². The number of rotatable bonds is 4. The van der Waals surface area contributed by atoms with Gasteiger partial charge in [-0.2, -0.15) is 11.8 Å². The van der Waals surface area contributed by atoms with E-state index in [2.05, 4.69) is 0 Å². The van der Waals surface area contributed by atoms with E-state index in [-0.39, 0.29) is 35.2 Å². The van der Waals surface area contributed by atoms with Crippen molar-refractivity contribution >= 4 is 28.5 Å². The van der Waals surface area contributed by atoms with Gasteiger partial charge < -0.3 is 14.3 Å². The average molecular weight is 334 g/mol. The number of aryl methyl sites for hydroxylation is 1. The summed E-state index contributed by atoms with van der Waals surface area (Å²) in [4.78, 5) is 24.4. The highest BCUT2D eigenvalue weighted by atomic mass is 32.2. The average Bonchev–Trinajstić information content (AvgIpc) is 2.46. The van der Waals surface area contributed by atoms with Gasteiger partial charge in [0.15, 0.2) is 11.4 Å². The molecule has 0 saturated heterocycles. The highest BCUT2D eigenvalue weighted by Crippen LogP contribution is 2.40. The lowest BCUT2D eigenvalue weighted by Crippen LogP contribution is -2.29. The van der Waals surface area contributed by atoms with Crippen molar-refractivity contribution in [1.82, 2.24) is 0 Å². The first-order chi connectivity index (χ1) is 11.0. The van der Waals surface area contributed by atoms with Crippen LogP contribution in [0.3, 0.4) is 0 Å². The molecule has 1 aromatic carbocycles. The second-order valence-electron chi connectivity index (χ2n) is 5.64. The van der Waals surface area contributed by atoms with Gasteiger partial charge in [-0.05, 0) is 18.2 Å². The molecule has 0 spiro atoms. The number of phenolic OH excluding ortho intramolecular Hbond substituents is 1. The van der Waals surface area contributed by atoms with Gasteiger partial charge in [0, 0.05) is 24.3 Å². The number of ketones is 1. The van der Waals surface area contributed by atoms with Crippen LogP contribution >= 0.6 is 11.8 Å². The zero-order valence-electron chi connectivity index (χ0n) is 13.0. The van der Waals surface area contributed by atoms with Crippen LogP contribution in [0.25, 0.3) is 11.0 Å². The second-order valence-corrected chi connectivity index (χ2v) is 6.55. The molecular formula is C17H18O5S. The van der Waals surface area contributed by atoms with Crippen molar-refractivity contribution in [2.24, 2.45) is 0 Å². The van der Waals surface area contributed by atoms with E-state index in [1.165, 1.54) is 12.1 Å². The Labute approximate surface area is 137 Å². The Morgan fingerprint density at radius 1 is 1.35 bits per heavy atom. The van der Waals surface area contributed by atoms with Crippen LogP contribution in [0.2, 0.25) is 0 Å². The SMILES string of the molecule is CCCc1cc(=O)oc2c3c(cc(O)c12)OC(CSC)CC3=O. The lowest BCUT2D eigenvalue weighted by Gasteiger charge is -2.25. The van der Waals surface area contributed by atoms with Crippen molar-refractivity contribution in [3.8, 4) is 11.5 Å². The van der Waals surface area contributed by atoms with Crippen molar-refractivity contribution in [2.45, 2.75) is 32.3 Å². The molecule has 1 aliphatic heterocycles. The number of Topliss-reactive ketones (excluding diaryl/α,β-unsaturated/α-hetero) is 1. The van der Waals surface area contributed by atoms with E-state index in [1.54, 1.807) is 11.8 Å². The molecule has 5 nitrogen and oxygen atoms in total. The van der Waals surface area contributed by atoms with E-state index in [4.69, 9.17) is 9.15 Å². The van der Waals surface area contributed by atoms with Crippen molar-refractivity contribution in [2.75, 3.05) is 12.0 Å². The minimum absolute atomic E-state index is 0.0245. The molecule has 1 atom stereocenters. The summed E-state index contributed by atoms with van der Waals surface area (Å²) in [6.07, 6.45) is 3.40. The molecule has 0 amide bonds. The summed E-state index contributed by atoms with van der Waals surface area (Å²) in [5.74, 6) is 0.835. The number of hydrogen-bond acceptors (Lipinski definition) is 6. The van der Waals surface area contributed by atoms with Crippen LogP contribution in [0.5, 0.6) is 11.5 Å². The number of phenols is 1. The van der Waals surface area contributed by atoms with E-state index < -0.39 is 5.63 Å². The molecular weight excluding hydrogens is 316 g/mol. The third-order valence-corrected chi connectivity index (χ3v) is 4.60. The number of aromatic hydroxyl groups is 1. The Hall–Kier alpha value is -1.95. The summed E-state index contributed by atoms with van der Waals surface area (Å²) in [5.41, 5.74) is 0.583. The quantitative estimate of drug-likeness (QED) is 0.866. The van der Waals surface area contributed by atoms with Crippen LogP contribution in [-0.4, -0.2) is 29.0 Å². The summed E-state index contributed by atoms with van der Waals surface area (Å²) in [7, 11) is 0. The molecule has 0 radical (unpaired) electrons. The van der Waals surface area contributed by atoms with Gasteiger partial charge >= 0.3 is 5.63 Å². The summed E-state index contributed by atoms with van der Waals surface area (Å²) in [6, 6.07) is 2.84. The van der Waals surface area contributed by atoms with Crippen molar-refractivity contribution in [1.29, 1.82) is 0 Å². The lowest BCUT2D eigenvalue weighted by molar-refractivity contribution is 0.0876. The molecule has 122 valence electrons. The van der Waals surface area contributed by atoms with Crippen LogP contribution in [0.15, 0.2) is 21.3 Å². The Balaban J connectivity index is 2.26. The highest BCUT2D eigenvalue weighted by molar-refractivity contribution is 7.98. The topological polar surface area (TPSA) is 76.7 Å². The second kappa shape index (κ2) is 6.28. The minimum Gasteiger partial charge on any atom is -0.507 e. The first-order valence-electron chi connectivity index (χ1n) is 7.56. The van der Waals surface area contributed by atoms with E-state index in [9.17, 15) is 14.7 Å². The number of carbonyl (C=O) groups is 1. The van der Waals surface area contributed by atoms with Crippen LogP contribution in [0.4, 0.5) is 0 Å². The first kappa shape index (κ1) is 15.9. The summed E-state index contributed by atoms with van der Waals surface area (Å²) in [5, 5.41) is 10.8. The van der Waals surface area contributed by atoms with Gasteiger partial charge in [-0.1, -0.05) is 13.3 Å². The lowest BCUT2D eigenvalue weighted by atomic mass is 9.95. The molecule has 1 N–H and O–H groups in total. The maximum absolute atomic E-state index is 12.5. The predicted molar refractivity (Wildman–Crippen MR) is 89.9 cm³/mol. The Morgan fingerprint density at radius 2 is 2.13 bits per heavy atom. The standard InChI is InChI=1S/C17H18O5S/c1-3-4-9-5-14(20)22-17-15(9)12(19)7-13-16(17)11(18)6-10(21-13)8-23-2/h5,7,10,19H,3-4,6,8H2,1-2H3. The molecule has 2 aromatic rings. The fraction of sp³-hybridized carbons (Fsp3) is 0.412. The summed E-state index contributed by atoms with van der Waals surface area (Å²) >= 11 is 1.59. The summed E-state index contributed by atoms with van der Waals surface area (Å²) < 4.78 is 11.1. The Morgan fingerprint density at radius 3 is 2.83 bits per heavy atom. The molecule has 0 aliphatic carbocycles.